The standard InChI is InChI=1S/C22H21N3OS/c1-4-26-17-9-10-19-18(12-17)20(11-15(3)23-19)24-22-25-21(13-27-22)16-7-5-14(2)6-8-16/h5-13H,4H2,1-3H3,(H,23,24,25). The number of pyridine rings is 1. The SMILES string of the molecule is CCOc1ccc2nc(C)cc(Nc3nc(-c4ccc(C)cc4)cs3)c2c1. The van der Waals surface area contributed by atoms with Gasteiger partial charge in [-0.1, -0.05) is 29.8 Å². The van der Waals surface area contributed by atoms with Gasteiger partial charge in [0.1, 0.15) is 5.75 Å². The number of nitrogens with one attached hydrogen (secondary N) is 1. The largest absolute Gasteiger partial charge is 0.494 e. The first-order valence-corrected chi connectivity index (χ1v) is 9.84. The van der Waals surface area contributed by atoms with Gasteiger partial charge in [-0.05, 0) is 45.0 Å². The van der Waals surface area contributed by atoms with Crippen molar-refractivity contribution in [1.29, 1.82) is 0 Å². The van der Waals surface area contributed by atoms with Crippen molar-refractivity contribution in [3.63, 3.8) is 0 Å². The van der Waals surface area contributed by atoms with Crippen LogP contribution in [0.1, 0.15) is 18.2 Å². The maximum Gasteiger partial charge on any atom is 0.187 e. The fourth-order valence-electron chi connectivity index (χ4n) is 3.00. The Morgan fingerprint density at radius 1 is 1.00 bits per heavy atom. The fraction of sp³-hybridized carbons (Fsp3) is 0.182. The smallest absolute Gasteiger partial charge is 0.187 e. The molecule has 0 aliphatic heterocycles. The van der Waals surface area contributed by atoms with Gasteiger partial charge in [0.05, 0.1) is 23.5 Å². The van der Waals surface area contributed by atoms with Crippen LogP contribution in [0.5, 0.6) is 5.75 Å². The van der Waals surface area contributed by atoms with E-state index < -0.39 is 0 Å². The first kappa shape index (κ1) is 17.5. The van der Waals surface area contributed by atoms with Crippen LogP contribution in [0.25, 0.3) is 22.2 Å². The number of ether oxygens (including phenoxy) is 1. The maximum atomic E-state index is 5.65. The Morgan fingerprint density at radius 3 is 2.59 bits per heavy atom. The topological polar surface area (TPSA) is 47.0 Å². The first-order valence-electron chi connectivity index (χ1n) is 8.96. The summed E-state index contributed by atoms with van der Waals surface area (Å²) in [6.45, 7) is 6.71. The van der Waals surface area contributed by atoms with Crippen LogP contribution in [-0.2, 0) is 0 Å². The fourth-order valence-corrected chi connectivity index (χ4v) is 3.73. The summed E-state index contributed by atoms with van der Waals surface area (Å²) in [5, 5.41) is 7.44. The monoisotopic (exact) mass is 375 g/mol. The summed E-state index contributed by atoms with van der Waals surface area (Å²) in [5.41, 5.74) is 6.24. The van der Waals surface area contributed by atoms with E-state index in [1.165, 1.54) is 5.56 Å². The predicted molar refractivity (Wildman–Crippen MR) is 113 cm³/mol. The number of fused-ring (bicyclic) bond motifs is 1. The molecule has 0 aliphatic carbocycles. The minimum absolute atomic E-state index is 0.639. The molecular weight excluding hydrogens is 354 g/mol. The highest BCUT2D eigenvalue weighted by Crippen LogP contribution is 2.32. The molecule has 0 saturated heterocycles. The number of hydrogen-bond donors (Lipinski definition) is 1. The van der Waals surface area contributed by atoms with Crippen LogP contribution < -0.4 is 10.1 Å². The normalized spacial score (nSPS) is 10.9. The van der Waals surface area contributed by atoms with Gasteiger partial charge in [0.2, 0.25) is 0 Å². The second-order valence-corrected chi connectivity index (χ2v) is 7.31. The minimum atomic E-state index is 0.639. The van der Waals surface area contributed by atoms with Crippen LogP contribution in [0.3, 0.4) is 0 Å². The van der Waals surface area contributed by atoms with Crippen molar-refractivity contribution in [3.05, 3.63) is 65.2 Å². The van der Waals surface area contributed by atoms with Crippen molar-refractivity contribution in [3.8, 4) is 17.0 Å². The summed E-state index contributed by atoms with van der Waals surface area (Å²) < 4.78 is 5.65. The number of nitrogens with zero attached hydrogens (tertiary/aromatic N) is 2. The molecule has 0 amide bonds. The van der Waals surface area contributed by atoms with Crippen molar-refractivity contribution in [2.45, 2.75) is 20.8 Å². The zero-order chi connectivity index (χ0) is 18.8. The molecule has 27 heavy (non-hydrogen) atoms. The van der Waals surface area contributed by atoms with Gasteiger partial charge in [0, 0.05) is 22.0 Å². The second-order valence-electron chi connectivity index (χ2n) is 6.45. The molecule has 0 unspecified atom stereocenters. The summed E-state index contributed by atoms with van der Waals surface area (Å²) in [4.78, 5) is 9.38. The number of aromatic nitrogens is 2. The van der Waals surface area contributed by atoms with Crippen LogP contribution >= 0.6 is 11.3 Å². The van der Waals surface area contributed by atoms with Gasteiger partial charge in [-0.3, -0.25) is 4.98 Å². The van der Waals surface area contributed by atoms with Crippen LogP contribution in [-0.4, -0.2) is 16.6 Å². The zero-order valence-corrected chi connectivity index (χ0v) is 16.4. The van der Waals surface area contributed by atoms with Gasteiger partial charge < -0.3 is 10.1 Å². The molecule has 4 rings (SSSR count). The van der Waals surface area contributed by atoms with Gasteiger partial charge in [-0.15, -0.1) is 11.3 Å². The van der Waals surface area contributed by atoms with Crippen LogP contribution in [0.2, 0.25) is 0 Å². The molecule has 0 saturated carbocycles. The molecule has 136 valence electrons. The molecule has 0 radical (unpaired) electrons. The average Bonchev–Trinajstić information content (AvgIpc) is 3.11. The third kappa shape index (κ3) is 3.78. The number of anilines is 2. The third-order valence-corrected chi connectivity index (χ3v) is 5.07. The highest BCUT2D eigenvalue weighted by Gasteiger charge is 2.09. The van der Waals surface area contributed by atoms with Crippen LogP contribution in [0, 0.1) is 13.8 Å². The average molecular weight is 375 g/mol. The van der Waals surface area contributed by atoms with Gasteiger partial charge in [0.25, 0.3) is 0 Å². The summed E-state index contributed by atoms with van der Waals surface area (Å²) in [5.74, 6) is 0.846. The Kier molecular flexibility index (Phi) is 4.77. The molecule has 0 fully saturated rings. The molecule has 0 aliphatic rings. The van der Waals surface area contributed by atoms with E-state index in [4.69, 9.17) is 9.72 Å². The van der Waals surface area contributed by atoms with Gasteiger partial charge in [-0.25, -0.2) is 4.98 Å². The zero-order valence-electron chi connectivity index (χ0n) is 15.6. The van der Waals surface area contributed by atoms with Crippen molar-refractivity contribution >= 4 is 33.1 Å². The third-order valence-electron chi connectivity index (χ3n) is 4.31. The molecule has 0 bridgehead atoms. The first-order chi connectivity index (χ1) is 13.1. The van der Waals surface area contributed by atoms with Crippen LogP contribution in [0.15, 0.2) is 53.9 Å². The van der Waals surface area contributed by atoms with E-state index in [9.17, 15) is 0 Å². The number of hydrogen-bond acceptors (Lipinski definition) is 5. The van der Waals surface area contributed by atoms with Crippen molar-refractivity contribution < 1.29 is 4.74 Å². The summed E-state index contributed by atoms with van der Waals surface area (Å²) in [7, 11) is 0. The lowest BCUT2D eigenvalue weighted by atomic mass is 10.1. The molecule has 1 N–H and O–H groups in total. The van der Waals surface area contributed by atoms with Gasteiger partial charge >= 0.3 is 0 Å². The van der Waals surface area contributed by atoms with Crippen molar-refractivity contribution in [2.75, 3.05) is 11.9 Å². The Morgan fingerprint density at radius 2 is 1.81 bits per heavy atom. The van der Waals surface area contributed by atoms with E-state index >= 15 is 0 Å². The Hall–Kier alpha value is -2.92. The van der Waals surface area contributed by atoms with E-state index in [-0.39, 0.29) is 0 Å². The number of aryl methyl sites for hydroxylation is 2. The molecule has 2 aromatic carbocycles. The van der Waals surface area contributed by atoms with E-state index in [1.54, 1.807) is 11.3 Å². The van der Waals surface area contributed by atoms with Crippen molar-refractivity contribution in [1.82, 2.24) is 9.97 Å². The predicted octanol–water partition coefficient (Wildman–Crippen LogP) is 6.12. The van der Waals surface area contributed by atoms with Gasteiger partial charge in [0.15, 0.2) is 5.13 Å². The van der Waals surface area contributed by atoms with E-state index in [0.29, 0.717) is 6.61 Å². The molecule has 4 aromatic rings. The summed E-state index contributed by atoms with van der Waals surface area (Å²) in [6.07, 6.45) is 0. The highest BCUT2D eigenvalue weighted by molar-refractivity contribution is 7.14. The molecule has 0 spiro atoms. The van der Waals surface area contributed by atoms with E-state index in [1.807, 2.05) is 38.1 Å². The molecule has 4 nitrogen and oxygen atoms in total. The molecular formula is C22H21N3OS. The lowest BCUT2D eigenvalue weighted by Gasteiger charge is -2.10. The molecule has 0 atom stereocenters. The highest BCUT2D eigenvalue weighted by atomic mass is 32.1. The van der Waals surface area contributed by atoms with E-state index in [0.717, 1.165) is 44.4 Å². The Bertz CT molecular complexity index is 1090. The lowest BCUT2D eigenvalue weighted by molar-refractivity contribution is 0.340. The molecule has 5 heteroatoms. The number of rotatable bonds is 5. The quantitative estimate of drug-likeness (QED) is 0.457. The van der Waals surface area contributed by atoms with Crippen LogP contribution in [0.4, 0.5) is 10.8 Å². The van der Waals surface area contributed by atoms with E-state index in [2.05, 4.69) is 46.9 Å². The summed E-state index contributed by atoms with van der Waals surface area (Å²) >= 11 is 1.60. The Balaban J connectivity index is 1.68. The number of thiazole rings is 1. The lowest BCUT2D eigenvalue weighted by Crippen LogP contribution is -1.96. The number of benzene rings is 2. The Labute approximate surface area is 162 Å². The molecule has 2 heterocycles. The maximum absolute atomic E-state index is 5.65. The van der Waals surface area contributed by atoms with Crippen molar-refractivity contribution in [2.24, 2.45) is 0 Å². The second kappa shape index (κ2) is 7.37. The minimum Gasteiger partial charge on any atom is -0.494 e. The van der Waals surface area contributed by atoms with Gasteiger partial charge in [-0.2, -0.15) is 0 Å². The summed E-state index contributed by atoms with van der Waals surface area (Å²) in [6, 6.07) is 16.5. The molecule has 2 aromatic heterocycles.